The van der Waals surface area contributed by atoms with Gasteiger partial charge in [-0.1, -0.05) is 12.1 Å². The van der Waals surface area contributed by atoms with Crippen molar-refractivity contribution in [2.75, 3.05) is 39.7 Å². The van der Waals surface area contributed by atoms with Crippen molar-refractivity contribution in [3.05, 3.63) is 75.8 Å². The highest BCUT2D eigenvalue weighted by Gasteiger charge is 2.29. The van der Waals surface area contributed by atoms with E-state index in [1.807, 2.05) is 40.9 Å². The van der Waals surface area contributed by atoms with Crippen LogP contribution in [0.25, 0.3) is 16.8 Å². The summed E-state index contributed by atoms with van der Waals surface area (Å²) in [5, 5.41) is 17.6. The first-order chi connectivity index (χ1) is 22.3. The molecule has 1 atom stereocenters. The van der Waals surface area contributed by atoms with Crippen LogP contribution in [0.2, 0.25) is 0 Å². The third-order valence-electron chi connectivity index (χ3n) is 8.10. The van der Waals surface area contributed by atoms with Gasteiger partial charge in [0.2, 0.25) is 23.0 Å². The smallest absolute Gasteiger partial charge is 0.220 e. The first-order valence-electron chi connectivity index (χ1n) is 15.4. The molecule has 3 N–H and O–H groups in total. The van der Waals surface area contributed by atoms with E-state index in [9.17, 15) is 14.4 Å². The van der Waals surface area contributed by atoms with Crippen LogP contribution in [0.4, 0.5) is 5.69 Å². The van der Waals surface area contributed by atoms with Gasteiger partial charge in [0.1, 0.15) is 5.82 Å². The number of anilines is 1. The van der Waals surface area contributed by atoms with Crippen molar-refractivity contribution in [2.45, 2.75) is 51.5 Å². The molecular formula is C34H40N6O6. The summed E-state index contributed by atoms with van der Waals surface area (Å²) in [7, 11) is 4.69. The van der Waals surface area contributed by atoms with Crippen LogP contribution >= 0.6 is 0 Å². The van der Waals surface area contributed by atoms with Gasteiger partial charge in [-0.05, 0) is 72.7 Å². The van der Waals surface area contributed by atoms with E-state index >= 15 is 0 Å². The second-order valence-electron chi connectivity index (χ2n) is 11.1. The van der Waals surface area contributed by atoms with E-state index in [0.717, 1.165) is 34.6 Å². The van der Waals surface area contributed by atoms with Crippen LogP contribution in [0.1, 0.15) is 55.6 Å². The van der Waals surface area contributed by atoms with Crippen molar-refractivity contribution in [1.82, 2.24) is 25.2 Å². The number of hydrogen-bond acceptors (Lipinski definition) is 9. The van der Waals surface area contributed by atoms with Crippen LogP contribution in [0.3, 0.4) is 0 Å². The van der Waals surface area contributed by atoms with E-state index in [1.54, 1.807) is 33.5 Å². The maximum absolute atomic E-state index is 13.5. The van der Waals surface area contributed by atoms with Crippen LogP contribution in [-0.2, 0) is 22.4 Å². The fourth-order valence-corrected chi connectivity index (χ4v) is 5.95. The SMILES string of the molecule is COc1cc2c(c(OC)c1OC)-c1ccc(NCCCC(=O)NCCCc3nnc4ccccn34)c(=O)cc1C(NC(C)=O)CC2. The Balaban J connectivity index is 1.26. The fourth-order valence-electron chi connectivity index (χ4n) is 5.95. The Labute approximate surface area is 267 Å². The molecule has 2 amide bonds. The van der Waals surface area contributed by atoms with Gasteiger partial charge in [0, 0.05) is 44.6 Å². The molecule has 0 radical (unpaired) electrons. The summed E-state index contributed by atoms with van der Waals surface area (Å²) >= 11 is 0. The second kappa shape index (κ2) is 14.8. The average molecular weight is 629 g/mol. The Hall–Kier alpha value is -5.13. The fraction of sp³-hybridized carbons (Fsp3) is 0.382. The number of nitrogens with zero attached hydrogens (tertiary/aromatic N) is 3. The Kier molecular flexibility index (Phi) is 10.4. The van der Waals surface area contributed by atoms with Crippen LogP contribution in [-0.4, -0.2) is 60.8 Å². The van der Waals surface area contributed by atoms with E-state index in [2.05, 4.69) is 26.1 Å². The van der Waals surface area contributed by atoms with E-state index in [-0.39, 0.29) is 23.3 Å². The molecule has 242 valence electrons. The molecule has 0 saturated carbocycles. The van der Waals surface area contributed by atoms with Crippen LogP contribution < -0.4 is 35.6 Å². The monoisotopic (exact) mass is 628 g/mol. The molecule has 12 heteroatoms. The number of fused-ring (bicyclic) bond motifs is 4. The van der Waals surface area contributed by atoms with Crippen molar-refractivity contribution < 1.29 is 23.8 Å². The molecule has 0 bridgehead atoms. The topological polar surface area (TPSA) is 145 Å². The molecule has 2 heterocycles. The lowest BCUT2D eigenvalue weighted by atomic mass is 9.95. The minimum atomic E-state index is -0.387. The molecule has 0 fully saturated rings. The second-order valence-corrected chi connectivity index (χ2v) is 11.1. The summed E-state index contributed by atoms with van der Waals surface area (Å²) < 4.78 is 19.0. The first kappa shape index (κ1) is 32.3. The Bertz CT molecular complexity index is 1790. The molecule has 4 aromatic rings. The van der Waals surface area contributed by atoms with Gasteiger partial charge in [-0.2, -0.15) is 0 Å². The van der Waals surface area contributed by atoms with Crippen LogP contribution in [0.15, 0.2) is 53.5 Å². The number of nitrogens with one attached hydrogen (secondary N) is 3. The molecule has 1 aliphatic carbocycles. The normalized spacial score (nSPS) is 13.6. The summed E-state index contributed by atoms with van der Waals surface area (Å²) in [5.41, 5.74) is 4.18. The number of methoxy groups -OCH3 is 3. The summed E-state index contributed by atoms with van der Waals surface area (Å²) in [4.78, 5) is 38.1. The number of carbonyl (C=O) groups is 2. The molecule has 12 nitrogen and oxygen atoms in total. The highest BCUT2D eigenvalue weighted by molar-refractivity contribution is 5.84. The van der Waals surface area contributed by atoms with Gasteiger partial charge >= 0.3 is 0 Å². The lowest BCUT2D eigenvalue weighted by molar-refractivity contribution is -0.121. The average Bonchev–Trinajstić information content (AvgIpc) is 3.32. The summed E-state index contributed by atoms with van der Waals surface area (Å²) in [6, 6.07) is 12.5. The highest BCUT2D eigenvalue weighted by Crippen LogP contribution is 2.50. The van der Waals surface area contributed by atoms with Crippen molar-refractivity contribution >= 4 is 23.1 Å². The number of carbonyl (C=O) groups excluding carboxylic acids is 2. The van der Waals surface area contributed by atoms with E-state index in [4.69, 9.17) is 14.2 Å². The number of aryl methyl sites for hydroxylation is 2. The number of rotatable bonds is 13. The minimum Gasteiger partial charge on any atom is -0.493 e. The highest BCUT2D eigenvalue weighted by atomic mass is 16.5. The molecule has 0 spiro atoms. The molecule has 5 rings (SSSR count). The number of amides is 2. The Morgan fingerprint density at radius 1 is 0.978 bits per heavy atom. The molecule has 2 aromatic heterocycles. The standard InChI is InChI=1S/C34H40N6O6/c1-21(41)37-25-14-12-22-19-28(44-2)33(45-3)34(46-4)32(22)23-13-15-26(27(42)20-24(23)25)35-16-8-11-31(43)36-17-7-10-30-39-38-29-9-5-6-18-40(29)30/h5-6,9,13,15,18-20,25H,7-8,10-12,14,16-17H2,1-4H3,(H,35,42)(H,36,43)(H,37,41). The van der Waals surface area contributed by atoms with Gasteiger partial charge in [0.05, 0.1) is 33.1 Å². The number of aromatic nitrogens is 3. The van der Waals surface area contributed by atoms with Crippen molar-refractivity contribution in [3.8, 4) is 28.4 Å². The van der Waals surface area contributed by atoms with Gasteiger partial charge in [0.15, 0.2) is 17.1 Å². The van der Waals surface area contributed by atoms with E-state index < -0.39 is 0 Å². The molecule has 0 aliphatic heterocycles. The van der Waals surface area contributed by atoms with Crippen LogP contribution in [0.5, 0.6) is 17.2 Å². The number of hydrogen-bond donors (Lipinski definition) is 3. The predicted molar refractivity (Wildman–Crippen MR) is 175 cm³/mol. The van der Waals surface area contributed by atoms with Gasteiger partial charge < -0.3 is 30.2 Å². The Morgan fingerprint density at radius 2 is 1.80 bits per heavy atom. The lowest BCUT2D eigenvalue weighted by Crippen LogP contribution is -2.26. The molecule has 1 aliphatic rings. The molecule has 0 saturated heterocycles. The lowest BCUT2D eigenvalue weighted by Gasteiger charge is -2.19. The summed E-state index contributed by atoms with van der Waals surface area (Å²) in [6.45, 7) is 2.44. The molecule has 2 aromatic carbocycles. The number of benzene rings is 1. The summed E-state index contributed by atoms with van der Waals surface area (Å²) in [6.07, 6.45) is 5.44. The Morgan fingerprint density at radius 3 is 2.57 bits per heavy atom. The zero-order chi connectivity index (χ0) is 32.6. The van der Waals surface area contributed by atoms with Crippen molar-refractivity contribution in [3.63, 3.8) is 0 Å². The molecule has 1 unspecified atom stereocenters. The third kappa shape index (κ3) is 7.06. The minimum absolute atomic E-state index is 0.0493. The van der Waals surface area contributed by atoms with Crippen LogP contribution in [0, 0.1) is 0 Å². The number of ether oxygens (including phenoxy) is 3. The molecule has 46 heavy (non-hydrogen) atoms. The van der Waals surface area contributed by atoms with E-state index in [1.165, 1.54) is 6.92 Å². The maximum atomic E-state index is 13.5. The van der Waals surface area contributed by atoms with Crippen molar-refractivity contribution in [1.29, 1.82) is 0 Å². The maximum Gasteiger partial charge on any atom is 0.220 e. The van der Waals surface area contributed by atoms with Gasteiger partial charge in [-0.3, -0.25) is 18.8 Å². The van der Waals surface area contributed by atoms with E-state index in [0.29, 0.717) is 73.7 Å². The quantitative estimate of drug-likeness (QED) is 0.188. The van der Waals surface area contributed by atoms with Gasteiger partial charge in [-0.15, -0.1) is 10.2 Å². The molecular weight excluding hydrogens is 588 g/mol. The van der Waals surface area contributed by atoms with Gasteiger partial charge in [0.25, 0.3) is 0 Å². The number of pyridine rings is 1. The van der Waals surface area contributed by atoms with Crippen molar-refractivity contribution in [2.24, 2.45) is 0 Å². The third-order valence-corrected chi connectivity index (χ3v) is 8.10. The summed E-state index contributed by atoms with van der Waals surface area (Å²) in [5.74, 6) is 2.11. The first-order valence-corrected chi connectivity index (χ1v) is 15.4. The largest absolute Gasteiger partial charge is 0.493 e. The van der Waals surface area contributed by atoms with Gasteiger partial charge in [-0.25, -0.2) is 0 Å². The zero-order valence-electron chi connectivity index (χ0n) is 26.6. The zero-order valence-corrected chi connectivity index (χ0v) is 26.6. The predicted octanol–water partition coefficient (Wildman–Crippen LogP) is 3.85.